The van der Waals surface area contributed by atoms with Crippen molar-refractivity contribution in [2.75, 3.05) is 0 Å². The Bertz CT molecular complexity index is 560. The standard InChI is InChI=1S/C13H11F2NOS/c1-8(17)10-3-2-6-16-13(10)18-12-7-9(14)4-5-11(12)15/h2-8,17H,1H3/t8-/m0/s1. The van der Waals surface area contributed by atoms with Crippen LogP contribution < -0.4 is 0 Å². The number of rotatable bonds is 3. The average Bonchev–Trinajstić information content (AvgIpc) is 2.34. The Morgan fingerprint density at radius 1 is 1.28 bits per heavy atom. The van der Waals surface area contributed by atoms with Crippen molar-refractivity contribution in [3.8, 4) is 0 Å². The summed E-state index contributed by atoms with van der Waals surface area (Å²) in [5, 5.41) is 10.1. The summed E-state index contributed by atoms with van der Waals surface area (Å²) in [5.74, 6) is -1.02. The molecular weight excluding hydrogens is 256 g/mol. The smallest absolute Gasteiger partial charge is 0.137 e. The van der Waals surface area contributed by atoms with Crippen LogP contribution in [0.3, 0.4) is 0 Å². The van der Waals surface area contributed by atoms with Crippen LogP contribution in [-0.4, -0.2) is 10.1 Å². The van der Waals surface area contributed by atoms with Crippen molar-refractivity contribution < 1.29 is 13.9 Å². The van der Waals surface area contributed by atoms with Gasteiger partial charge in [-0.2, -0.15) is 0 Å². The summed E-state index contributed by atoms with van der Waals surface area (Å²) < 4.78 is 26.6. The van der Waals surface area contributed by atoms with Crippen molar-refractivity contribution in [3.05, 3.63) is 53.7 Å². The van der Waals surface area contributed by atoms with Crippen LogP contribution >= 0.6 is 11.8 Å². The Hall–Kier alpha value is -1.46. The number of nitrogens with zero attached hydrogens (tertiary/aromatic N) is 1. The van der Waals surface area contributed by atoms with Gasteiger partial charge in [-0.05, 0) is 31.2 Å². The average molecular weight is 267 g/mol. The number of hydrogen-bond donors (Lipinski definition) is 1. The highest BCUT2D eigenvalue weighted by molar-refractivity contribution is 7.99. The van der Waals surface area contributed by atoms with Crippen LogP contribution in [0, 0.1) is 11.6 Å². The predicted octanol–water partition coefficient (Wildman–Crippen LogP) is 3.56. The van der Waals surface area contributed by atoms with Gasteiger partial charge in [0, 0.05) is 11.8 Å². The minimum absolute atomic E-state index is 0.149. The molecule has 0 fully saturated rings. The van der Waals surface area contributed by atoms with Gasteiger partial charge in [0.05, 0.1) is 11.0 Å². The lowest BCUT2D eigenvalue weighted by atomic mass is 10.2. The molecule has 0 radical (unpaired) electrons. The molecule has 2 aromatic rings. The fourth-order valence-corrected chi connectivity index (χ4v) is 2.48. The number of aliphatic hydroxyl groups excluding tert-OH is 1. The Kier molecular flexibility index (Phi) is 3.93. The molecule has 1 aromatic heterocycles. The number of benzene rings is 1. The Morgan fingerprint density at radius 3 is 2.78 bits per heavy atom. The lowest BCUT2D eigenvalue weighted by molar-refractivity contribution is 0.195. The molecule has 18 heavy (non-hydrogen) atoms. The van der Waals surface area contributed by atoms with Gasteiger partial charge in [0.15, 0.2) is 0 Å². The molecule has 0 spiro atoms. The van der Waals surface area contributed by atoms with Crippen molar-refractivity contribution >= 4 is 11.8 Å². The summed E-state index contributed by atoms with van der Waals surface area (Å²) >= 11 is 0.997. The third-order valence-corrected chi connectivity index (χ3v) is 3.42. The van der Waals surface area contributed by atoms with E-state index in [9.17, 15) is 13.9 Å². The molecule has 2 rings (SSSR count). The fourth-order valence-electron chi connectivity index (χ4n) is 1.47. The Morgan fingerprint density at radius 2 is 2.06 bits per heavy atom. The monoisotopic (exact) mass is 267 g/mol. The summed E-state index contributed by atoms with van der Waals surface area (Å²) in [6.07, 6.45) is 0.837. The minimum atomic E-state index is -0.710. The molecule has 5 heteroatoms. The summed E-state index contributed by atoms with van der Waals surface area (Å²) in [6, 6.07) is 6.64. The zero-order chi connectivity index (χ0) is 13.1. The SMILES string of the molecule is C[C@H](O)c1cccnc1Sc1cc(F)ccc1F. The molecule has 1 atom stereocenters. The molecule has 0 saturated heterocycles. The minimum Gasteiger partial charge on any atom is -0.389 e. The summed E-state index contributed by atoms with van der Waals surface area (Å²) in [5.41, 5.74) is 0.589. The van der Waals surface area contributed by atoms with E-state index in [1.807, 2.05) is 0 Å². The van der Waals surface area contributed by atoms with Crippen LogP contribution in [0.5, 0.6) is 0 Å². The topological polar surface area (TPSA) is 33.1 Å². The van der Waals surface area contributed by atoms with E-state index < -0.39 is 17.7 Å². The highest BCUT2D eigenvalue weighted by Crippen LogP contribution is 2.33. The van der Waals surface area contributed by atoms with Gasteiger partial charge < -0.3 is 5.11 Å². The lowest BCUT2D eigenvalue weighted by Gasteiger charge is -2.10. The number of pyridine rings is 1. The van der Waals surface area contributed by atoms with Crippen LogP contribution in [0.4, 0.5) is 8.78 Å². The van der Waals surface area contributed by atoms with E-state index in [4.69, 9.17) is 0 Å². The molecule has 1 aromatic carbocycles. The largest absolute Gasteiger partial charge is 0.389 e. The van der Waals surface area contributed by atoms with Gasteiger partial charge in [-0.25, -0.2) is 13.8 Å². The first kappa shape index (κ1) is 13.0. The molecule has 0 aliphatic rings. The molecule has 0 unspecified atom stereocenters. The molecule has 0 aliphatic heterocycles. The molecule has 0 amide bonds. The van der Waals surface area contributed by atoms with Crippen LogP contribution in [-0.2, 0) is 0 Å². The molecule has 94 valence electrons. The zero-order valence-electron chi connectivity index (χ0n) is 9.60. The highest BCUT2D eigenvalue weighted by Gasteiger charge is 2.12. The number of aliphatic hydroxyl groups is 1. The van der Waals surface area contributed by atoms with E-state index in [0.29, 0.717) is 10.6 Å². The first-order valence-electron chi connectivity index (χ1n) is 5.34. The van der Waals surface area contributed by atoms with Crippen LogP contribution in [0.1, 0.15) is 18.6 Å². The zero-order valence-corrected chi connectivity index (χ0v) is 10.4. The quantitative estimate of drug-likeness (QED) is 0.923. The van der Waals surface area contributed by atoms with E-state index in [1.54, 1.807) is 25.3 Å². The molecule has 2 nitrogen and oxygen atoms in total. The molecule has 1 heterocycles. The summed E-state index contributed by atoms with van der Waals surface area (Å²) in [6.45, 7) is 1.60. The van der Waals surface area contributed by atoms with Crippen molar-refractivity contribution in [3.63, 3.8) is 0 Å². The first-order valence-corrected chi connectivity index (χ1v) is 6.15. The van der Waals surface area contributed by atoms with Gasteiger partial charge in [0.25, 0.3) is 0 Å². The van der Waals surface area contributed by atoms with Crippen molar-refractivity contribution in [1.29, 1.82) is 0 Å². The van der Waals surface area contributed by atoms with Crippen molar-refractivity contribution in [2.45, 2.75) is 22.9 Å². The number of halogens is 2. The van der Waals surface area contributed by atoms with Crippen molar-refractivity contribution in [1.82, 2.24) is 4.98 Å². The van der Waals surface area contributed by atoms with Gasteiger partial charge >= 0.3 is 0 Å². The third kappa shape index (κ3) is 2.86. The molecule has 0 saturated carbocycles. The van der Waals surface area contributed by atoms with Gasteiger partial charge in [0.2, 0.25) is 0 Å². The van der Waals surface area contributed by atoms with Gasteiger partial charge in [-0.3, -0.25) is 0 Å². The maximum absolute atomic E-state index is 13.5. The first-order chi connectivity index (χ1) is 8.58. The number of hydrogen-bond acceptors (Lipinski definition) is 3. The van der Waals surface area contributed by atoms with E-state index in [-0.39, 0.29) is 4.90 Å². The molecular formula is C13H11F2NOS. The number of aromatic nitrogens is 1. The van der Waals surface area contributed by atoms with E-state index in [1.165, 1.54) is 0 Å². The van der Waals surface area contributed by atoms with E-state index in [0.717, 1.165) is 30.0 Å². The lowest BCUT2D eigenvalue weighted by Crippen LogP contribution is -1.96. The second kappa shape index (κ2) is 5.46. The second-order valence-electron chi connectivity index (χ2n) is 3.75. The van der Waals surface area contributed by atoms with E-state index in [2.05, 4.69) is 4.98 Å². The van der Waals surface area contributed by atoms with Gasteiger partial charge in [0.1, 0.15) is 16.7 Å². The van der Waals surface area contributed by atoms with E-state index >= 15 is 0 Å². The molecule has 0 bridgehead atoms. The maximum atomic E-state index is 13.5. The van der Waals surface area contributed by atoms with Crippen LogP contribution in [0.2, 0.25) is 0 Å². The summed E-state index contributed by atoms with van der Waals surface area (Å²) in [4.78, 5) is 4.23. The van der Waals surface area contributed by atoms with Crippen LogP contribution in [0.25, 0.3) is 0 Å². The second-order valence-corrected chi connectivity index (χ2v) is 4.78. The normalized spacial score (nSPS) is 12.4. The van der Waals surface area contributed by atoms with Crippen molar-refractivity contribution in [2.24, 2.45) is 0 Å². The Balaban J connectivity index is 2.37. The van der Waals surface area contributed by atoms with Crippen LogP contribution in [0.15, 0.2) is 46.5 Å². The highest BCUT2D eigenvalue weighted by atomic mass is 32.2. The maximum Gasteiger partial charge on any atom is 0.137 e. The van der Waals surface area contributed by atoms with Gasteiger partial charge in [-0.15, -0.1) is 0 Å². The summed E-state index contributed by atoms with van der Waals surface area (Å²) in [7, 11) is 0. The fraction of sp³-hybridized carbons (Fsp3) is 0.154. The third-order valence-electron chi connectivity index (χ3n) is 2.35. The van der Waals surface area contributed by atoms with Gasteiger partial charge in [-0.1, -0.05) is 17.8 Å². The molecule has 1 N–H and O–H groups in total. The predicted molar refractivity (Wildman–Crippen MR) is 65.4 cm³/mol. The Labute approximate surface area is 108 Å². The molecule has 0 aliphatic carbocycles.